The molecule has 2 N–H and O–H groups in total. The molecule has 2 unspecified atom stereocenters. The zero-order valence-corrected chi connectivity index (χ0v) is 16.5. The van der Waals surface area contributed by atoms with E-state index >= 15 is 0 Å². The maximum absolute atomic E-state index is 10.5. The zero-order valence-electron chi connectivity index (χ0n) is 15.7. The summed E-state index contributed by atoms with van der Waals surface area (Å²) in [6.45, 7) is 9.15. The van der Waals surface area contributed by atoms with E-state index < -0.39 is 7.12 Å². The van der Waals surface area contributed by atoms with Gasteiger partial charge in [-0.05, 0) is 42.2 Å². The van der Waals surface area contributed by atoms with Gasteiger partial charge in [0.25, 0.3) is 0 Å². The summed E-state index contributed by atoms with van der Waals surface area (Å²) in [5.41, 5.74) is 2.89. The third kappa shape index (κ3) is 2.20. The molecule has 7 heteroatoms. The molecule has 1 saturated carbocycles. The lowest BCUT2D eigenvalue weighted by Gasteiger charge is -2.63. The van der Waals surface area contributed by atoms with Gasteiger partial charge in [0.15, 0.2) is 0 Å². The van der Waals surface area contributed by atoms with Crippen LogP contribution in [-0.2, 0) is 10.3 Å². The summed E-state index contributed by atoms with van der Waals surface area (Å²) in [5, 5.41) is 12.3. The maximum Gasteiger partial charge on any atom is 0.493 e. The number of fused-ring (bicyclic) bond motifs is 4. The van der Waals surface area contributed by atoms with Gasteiger partial charge in [0.05, 0.1) is 5.60 Å². The van der Waals surface area contributed by atoms with Crippen LogP contribution in [0.1, 0.15) is 45.6 Å². The minimum absolute atomic E-state index is 0.335. The first-order chi connectivity index (χ1) is 12.5. The summed E-state index contributed by atoms with van der Waals surface area (Å²) >= 11 is 1.98. The van der Waals surface area contributed by atoms with Crippen molar-refractivity contribution in [3.8, 4) is 0 Å². The van der Waals surface area contributed by atoms with E-state index in [0.29, 0.717) is 16.6 Å². The highest BCUT2D eigenvalue weighted by molar-refractivity contribution is 7.97. The Kier molecular flexibility index (Phi) is 3.78. The molecule has 2 aliphatic heterocycles. The number of H-pyrrole nitrogens is 1. The topological polar surface area (TPSA) is 61.4 Å². The van der Waals surface area contributed by atoms with Crippen molar-refractivity contribution in [1.82, 2.24) is 14.3 Å². The van der Waals surface area contributed by atoms with Crippen molar-refractivity contribution < 1.29 is 9.68 Å². The first kappa shape index (κ1) is 17.1. The normalized spacial score (nSPS) is 30.5. The number of aromatic amines is 1. The van der Waals surface area contributed by atoms with Gasteiger partial charge in [-0.1, -0.05) is 32.7 Å². The van der Waals surface area contributed by atoms with Gasteiger partial charge in [-0.25, -0.2) is 4.98 Å². The van der Waals surface area contributed by atoms with Gasteiger partial charge in [0.1, 0.15) is 5.65 Å². The van der Waals surface area contributed by atoms with Crippen molar-refractivity contribution in [1.29, 1.82) is 0 Å². The Labute approximate surface area is 159 Å². The largest absolute Gasteiger partial charge is 0.493 e. The number of hydrogen-bond acceptors (Lipinski definition) is 5. The van der Waals surface area contributed by atoms with E-state index in [1.165, 1.54) is 18.4 Å². The van der Waals surface area contributed by atoms with Gasteiger partial charge in [0.2, 0.25) is 0 Å². The van der Waals surface area contributed by atoms with Crippen molar-refractivity contribution >= 4 is 35.6 Å². The van der Waals surface area contributed by atoms with Gasteiger partial charge >= 0.3 is 7.12 Å². The maximum atomic E-state index is 10.5. The van der Waals surface area contributed by atoms with E-state index in [9.17, 15) is 5.02 Å². The van der Waals surface area contributed by atoms with Crippen LogP contribution in [0.2, 0.25) is 0 Å². The highest BCUT2D eigenvalue weighted by Gasteiger charge is 2.67. The second-order valence-electron chi connectivity index (χ2n) is 8.53. The van der Waals surface area contributed by atoms with Crippen LogP contribution in [-0.4, -0.2) is 44.8 Å². The molecule has 0 radical (unpaired) electrons. The fourth-order valence-electron chi connectivity index (χ4n) is 5.59. The lowest BCUT2D eigenvalue weighted by Crippen LogP contribution is -2.61. The van der Waals surface area contributed by atoms with Crippen LogP contribution in [0.15, 0.2) is 18.5 Å². The first-order valence-corrected chi connectivity index (χ1v) is 10.5. The summed E-state index contributed by atoms with van der Waals surface area (Å²) in [7, 11) is -0.854. The quantitative estimate of drug-likeness (QED) is 0.628. The van der Waals surface area contributed by atoms with Crippen LogP contribution in [0.25, 0.3) is 11.0 Å². The first-order valence-electron chi connectivity index (χ1n) is 9.69. The van der Waals surface area contributed by atoms with Crippen molar-refractivity contribution in [2.24, 2.45) is 11.3 Å². The van der Waals surface area contributed by atoms with Crippen LogP contribution in [0, 0.1) is 11.3 Å². The highest BCUT2D eigenvalue weighted by Crippen LogP contribution is 2.66. The highest BCUT2D eigenvalue weighted by atomic mass is 32.2. The van der Waals surface area contributed by atoms with Crippen LogP contribution >= 0.6 is 11.9 Å². The number of piperidine rings is 1. The fourth-order valence-corrected chi connectivity index (χ4v) is 6.58. The average molecular weight is 371 g/mol. The molecule has 1 aliphatic carbocycles. The monoisotopic (exact) mass is 371 g/mol. The third-order valence-corrected chi connectivity index (χ3v) is 8.02. The minimum atomic E-state index is -0.854. The molecule has 2 aromatic rings. The van der Waals surface area contributed by atoms with Gasteiger partial charge in [-0.3, -0.25) is 4.31 Å². The molecule has 2 fully saturated rings. The molecule has 2 atom stereocenters. The predicted octanol–water partition coefficient (Wildman–Crippen LogP) is 2.65. The van der Waals surface area contributed by atoms with Gasteiger partial charge in [-0.2, -0.15) is 0 Å². The molecule has 4 heterocycles. The van der Waals surface area contributed by atoms with E-state index in [2.05, 4.69) is 41.1 Å². The van der Waals surface area contributed by atoms with Gasteiger partial charge in [-0.15, -0.1) is 0 Å². The van der Waals surface area contributed by atoms with E-state index in [4.69, 9.17) is 4.65 Å². The molecule has 0 aromatic carbocycles. The van der Waals surface area contributed by atoms with Crippen LogP contribution in [0.4, 0.5) is 0 Å². The Morgan fingerprint density at radius 1 is 1.42 bits per heavy atom. The number of nitrogens with one attached hydrogen (secondary N) is 1. The van der Waals surface area contributed by atoms with Crippen LogP contribution in [0.3, 0.4) is 0 Å². The van der Waals surface area contributed by atoms with E-state index in [1.807, 2.05) is 18.1 Å². The van der Waals surface area contributed by atoms with Crippen molar-refractivity contribution in [3.05, 3.63) is 24.0 Å². The molecule has 3 aliphatic rings. The van der Waals surface area contributed by atoms with Gasteiger partial charge < -0.3 is 14.7 Å². The van der Waals surface area contributed by atoms with Crippen molar-refractivity contribution in [2.45, 2.75) is 50.9 Å². The summed E-state index contributed by atoms with van der Waals surface area (Å²) in [5.74, 6) is 0.401. The molecule has 5 nitrogen and oxygen atoms in total. The molecule has 138 valence electrons. The summed E-state index contributed by atoms with van der Waals surface area (Å²) < 4.78 is 8.77. The fraction of sp³-hybridized carbons (Fsp3) is 0.632. The SMILES string of the molecule is CC(C)SN1CCC2(CC1)CC1(OB(O)c3cnc4[nH]ccc4c31)C2C. The lowest BCUT2D eigenvalue weighted by molar-refractivity contribution is -0.192. The number of pyridine rings is 1. The van der Waals surface area contributed by atoms with Crippen molar-refractivity contribution in [3.63, 3.8) is 0 Å². The van der Waals surface area contributed by atoms with Crippen LogP contribution in [0.5, 0.6) is 0 Å². The second-order valence-corrected chi connectivity index (χ2v) is 10.2. The smallest absolute Gasteiger partial charge is 0.423 e. The Morgan fingerprint density at radius 3 is 2.88 bits per heavy atom. The van der Waals surface area contributed by atoms with E-state index in [1.54, 1.807) is 6.20 Å². The molecule has 1 saturated heterocycles. The predicted molar refractivity (Wildman–Crippen MR) is 106 cm³/mol. The van der Waals surface area contributed by atoms with E-state index in [-0.39, 0.29) is 5.60 Å². The Hall–Kier alpha value is -1.02. The van der Waals surface area contributed by atoms with Crippen LogP contribution < -0.4 is 5.46 Å². The number of aromatic nitrogens is 2. The zero-order chi connectivity index (χ0) is 18.1. The Balaban J connectivity index is 1.45. The molecule has 0 bridgehead atoms. The van der Waals surface area contributed by atoms with E-state index in [0.717, 1.165) is 36.0 Å². The Morgan fingerprint density at radius 2 is 2.19 bits per heavy atom. The minimum Gasteiger partial charge on any atom is -0.423 e. The summed E-state index contributed by atoms with van der Waals surface area (Å²) in [6.07, 6.45) is 7.15. The Bertz CT molecular complexity index is 848. The molecular formula is C19H26BN3O2S. The molecule has 0 amide bonds. The molecule has 5 rings (SSSR count). The molecule has 2 spiro atoms. The molecular weight excluding hydrogens is 345 g/mol. The van der Waals surface area contributed by atoms with Gasteiger partial charge in [0, 0.05) is 41.6 Å². The lowest BCUT2D eigenvalue weighted by atomic mass is 9.47. The summed E-state index contributed by atoms with van der Waals surface area (Å²) in [4.78, 5) is 7.65. The van der Waals surface area contributed by atoms with Crippen molar-refractivity contribution in [2.75, 3.05) is 13.1 Å². The standard InChI is InChI=1S/C19H26BN3O2S/c1-12(2)26-23-8-5-18(6-9-23)11-19(13(18)3)16-14-4-7-21-17(14)22-10-15(16)20(24)25-19/h4,7,10,12-13,24H,5-6,8-9,11H2,1-3H3,(H,21,22). The average Bonchev–Trinajstić information content (AvgIpc) is 3.19. The number of hydrogen-bond donors (Lipinski definition) is 2. The number of nitrogens with zero attached hydrogens (tertiary/aromatic N) is 2. The number of rotatable bonds is 2. The summed E-state index contributed by atoms with van der Waals surface area (Å²) in [6, 6.07) is 2.07. The third-order valence-electron chi connectivity index (χ3n) is 6.94. The molecule has 26 heavy (non-hydrogen) atoms. The second kappa shape index (κ2) is 5.74. The molecule has 2 aromatic heterocycles.